The van der Waals surface area contributed by atoms with Crippen molar-refractivity contribution in [2.75, 3.05) is 5.73 Å². The molecule has 5 nitrogen and oxygen atoms in total. The van der Waals surface area contributed by atoms with E-state index >= 15 is 0 Å². The third kappa shape index (κ3) is 2.18. The van der Waals surface area contributed by atoms with E-state index in [0.29, 0.717) is 5.69 Å². The number of hydrogen-bond acceptors (Lipinski definition) is 3. The van der Waals surface area contributed by atoms with Crippen molar-refractivity contribution in [2.24, 2.45) is 0 Å². The summed E-state index contributed by atoms with van der Waals surface area (Å²) in [6.07, 6.45) is 2.86. The molecule has 0 unspecified atom stereocenters. The van der Waals surface area contributed by atoms with Gasteiger partial charge in [-0.05, 0) is 24.3 Å². The van der Waals surface area contributed by atoms with Crippen molar-refractivity contribution in [3.8, 4) is 5.69 Å². The molecule has 1 aromatic carbocycles. The Bertz CT molecular complexity index is 809. The minimum atomic E-state index is -0.816. The number of nitrogen functional groups attached to an aromatic ring is 1. The highest BCUT2D eigenvalue weighted by atomic mass is 19.1. The van der Waals surface area contributed by atoms with Crippen LogP contribution >= 0.6 is 0 Å². The van der Waals surface area contributed by atoms with Crippen LogP contribution < -0.4 is 5.73 Å². The Morgan fingerprint density at radius 1 is 1.29 bits per heavy atom. The van der Waals surface area contributed by atoms with Crippen molar-refractivity contribution in [3.05, 3.63) is 65.6 Å². The van der Waals surface area contributed by atoms with E-state index in [9.17, 15) is 13.6 Å². The summed E-state index contributed by atoms with van der Waals surface area (Å²) in [6.45, 7) is 0. The number of halogens is 2. The first-order valence-electron chi connectivity index (χ1n) is 6.05. The van der Waals surface area contributed by atoms with Gasteiger partial charge in [0.2, 0.25) is 5.78 Å². The quantitative estimate of drug-likeness (QED) is 0.726. The topological polar surface area (TPSA) is 76.7 Å². The molecule has 0 aliphatic rings. The number of H-pyrrole nitrogens is 1. The van der Waals surface area contributed by atoms with Gasteiger partial charge in [0.15, 0.2) is 5.82 Å². The number of ketones is 1. The van der Waals surface area contributed by atoms with E-state index in [1.165, 1.54) is 12.3 Å². The molecule has 7 heteroatoms. The van der Waals surface area contributed by atoms with Gasteiger partial charge in [-0.1, -0.05) is 0 Å². The molecule has 0 aliphatic carbocycles. The molecule has 2 heterocycles. The number of carbonyl (C=O) groups is 1. The number of carbonyl (C=O) groups excluding carboxylic acids is 1. The van der Waals surface area contributed by atoms with Gasteiger partial charge in [0, 0.05) is 12.3 Å². The zero-order chi connectivity index (χ0) is 15.0. The van der Waals surface area contributed by atoms with Crippen molar-refractivity contribution in [3.63, 3.8) is 0 Å². The number of benzene rings is 1. The predicted molar refractivity (Wildman–Crippen MR) is 72.1 cm³/mol. The number of anilines is 1. The lowest BCUT2D eigenvalue weighted by Crippen LogP contribution is -2.08. The molecule has 21 heavy (non-hydrogen) atoms. The van der Waals surface area contributed by atoms with Crippen LogP contribution in [0.15, 0.2) is 42.7 Å². The van der Waals surface area contributed by atoms with Gasteiger partial charge in [-0.2, -0.15) is 5.10 Å². The smallest absolute Gasteiger partial charge is 0.214 e. The number of aromatic amines is 1. The molecule has 0 radical (unpaired) electrons. The van der Waals surface area contributed by atoms with E-state index in [2.05, 4.69) is 10.1 Å². The maximum atomic E-state index is 13.8. The van der Waals surface area contributed by atoms with Crippen molar-refractivity contribution in [1.29, 1.82) is 0 Å². The van der Waals surface area contributed by atoms with Crippen LogP contribution in [0.25, 0.3) is 5.69 Å². The molecule has 0 bridgehead atoms. The first-order chi connectivity index (χ1) is 10.1. The summed E-state index contributed by atoms with van der Waals surface area (Å²) in [5.41, 5.74) is 6.31. The summed E-state index contributed by atoms with van der Waals surface area (Å²) in [5.74, 6) is -1.89. The van der Waals surface area contributed by atoms with Gasteiger partial charge >= 0.3 is 0 Å². The van der Waals surface area contributed by atoms with Gasteiger partial charge in [-0.15, -0.1) is 0 Å². The van der Waals surface area contributed by atoms with Crippen LogP contribution in [0.1, 0.15) is 16.1 Å². The van der Waals surface area contributed by atoms with Crippen molar-refractivity contribution in [1.82, 2.24) is 14.8 Å². The van der Waals surface area contributed by atoms with Crippen molar-refractivity contribution >= 4 is 11.6 Å². The summed E-state index contributed by atoms with van der Waals surface area (Å²) in [7, 11) is 0. The van der Waals surface area contributed by atoms with Crippen LogP contribution in [0, 0.1) is 11.6 Å². The minimum absolute atomic E-state index is 0.0138. The van der Waals surface area contributed by atoms with Gasteiger partial charge in [0.1, 0.15) is 17.3 Å². The summed E-state index contributed by atoms with van der Waals surface area (Å²) >= 11 is 0. The van der Waals surface area contributed by atoms with Gasteiger partial charge < -0.3 is 10.7 Å². The van der Waals surface area contributed by atoms with Crippen molar-refractivity contribution < 1.29 is 13.6 Å². The maximum absolute atomic E-state index is 13.8. The molecule has 3 rings (SSSR count). The normalized spacial score (nSPS) is 10.8. The standard InChI is InChI=1S/C14H10F2N4O/c15-8-3-4-12(10(16)6-8)20-14(17)9(7-19-20)13(21)11-2-1-5-18-11/h1-7,18H,17H2. The maximum Gasteiger partial charge on any atom is 0.214 e. The monoisotopic (exact) mass is 288 g/mol. The molecule has 0 atom stereocenters. The van der Waals surface area contributed by atoms with E-state index in [1.54, 1.807) is 18.3 Å². The second-order valence-electron chi connectivity index (χ2n) is 4.36. The summed E-state index contributed by atoms with van der Waals surface area (Å²) in [4.78, 5) is 15.0. The number of aromatic nitrogens is 3. The highest BCUT2D eigenvalue weighted by Gasteiger charge is 2.19. The average Bonchev–Trinajstić information content (AvgIpc) is 3.08. The fraction of sp³-hybridized carbons (Fsp3) is 0. The summed E-state index contributed by atoms with van der Waals surface area (Å²) < 4.78 is 27.7. The van der Waals surface area contributed by atoms with E-state index in [-0.39, 0.29) is 22.9 Å². The molecular weight excluding hydrogens is 278 g/mol. The van der Waals surface area contributed by atoms with E-state index in [0.717, 1.165) is 16.8 Å². The largest absolute Gasteiger partial charge is 0.383 e. The lowest BCUT2D eigenvalue weighted by molar-refractivity contribution is 0.103. The summed E-state index contributed by atoms with van der Waals surface area (Å²) in [5, 5.41) is 3.90. The molecule has 0 saturated heterocycles. The van der Waals surface area contributed by atoms with Crippen LogP contribution in [0.2, 0.25) is 0 Å². The zero-order valence-electron chi connectivity index (χ0n) is 10.7. The Morgan fingerprint density at radius 2 is 2.10 bits per heavy atom. The molecule has 3 aromatic rings. The Kier molecular flexibility index (Phi) is 3.02. The highest BCUT2D eigenvalue weighted by Crippen LogP contribution is 2.22. The number of nitrogens with zero attached hydrogens (tertiary/aromatic N) is 2. The average molecular weight is 288 g/mol. The van der Waals surface area contributed by atoms with E-state index in [4.69, 9.17) is 5.73 Å². The van der Waals surface area contributed by atoms with Crippen LogP contribution in [-0.2, 0) is 0 Å². The lowest BCUT2D eigenvalue weighted by atomic mass is 10.1. The predicted octanol–water partition coefficient (Wildman–Crippen LogP) is 2.29. The first kappa shape index (κ1) is 13.0. The third-order valence-corrected chi connectivity index (χ3v) is 3.03. The lowest BCUT2D eigenvalue weighted by Gasteiger charge is -2.06. The molecule has 3 N–H and O–H groups in total. The molecule has 2 aromatic heterocycles. The Balaban J connectivity index is 2.05. The molecule has 0 aliphatic heterocycles. The second kappa shape index (κ2) is 4.86. The molecule has 0 saturated carbocycles. The molecule has 106 valence electrons. The fourth-order valence-corrected chi connectivity index (χ4v) is 1.99. The van der Waals surface area contributed by atoms with Gasteiger partial charge in [0.05, 0.1) is 17.5 Å². The Hall–Kier alpha value is -2.96. The first-order valence-corrected chi connectivity index (χ1v) is 6.05. The minimum Gasteiger partial charge on any atom is -0.383 e. The van der Waals surface area contributed by atoms with E-state index in [1.807, 2.05) is 0 Å². The number of nitrogens with one attached hydrogen (secondary N) is 1. The van der Waals surface area contributed by atoms with Crippen LogP contribution in [0.4, 0.5) is 14.6 Å². The number of hydrogen-bond donors (Lipinski definition) is 2. The van der Waals surface area contributed by atoms with Gasteiger partial charge in [-0.25, -0.2) is 13.5 Å². The van der Waals surface area contributed by atoms with Crippen LogP contribution in [0.3, 0.4) is 0 Å². The highest BCUT2D eigenvalue weighted by molar-refractivity contribution is 6.10. The summed E-state index contributed by atoms with van der Waals surface area (Å²) in [6, 6.07) is 6.29. The SMILES string of the molecule is Nc1c(C(=O)c2ccc[nH]2)cnn1-c1ccc(F)cc1F. The Labute approximate surface area is 118 Å². The van der Waals surface area contributed by atoms with Crippen LogP contribution in [0.5, 0.6) is 0 Å². The number of nitrogens with two attached hydrogens (primary N) is 1. The number of rotatable bonds is 3. The molecule has 0 amide bonds. The second-order valence-corrected chi connectivity index (χ2v) is 4.36. The van der Waals surface area contributed by atoms with Gasteiger partial charge in [-0.3, -0.25) is 4.79 Å². The molecule has 0 spiro atoms. The van der Waals surface area contributed by atoms with E-state index < -0.39 is 11.6 Å². The third-order valence-electron chi connectivity index (χ3n) is 3.03. The van der Waals surface area contributed by atoms with Crippen molar-refractivity contribution in [2.45, 2.75) is 0 Å². The fourth-order valence-electron chi connectivity index (χ4n) is 1.99. The van der Waals surface area contributed by atoms with Gasteiger partial charge in [0.25, 0.3) is 0 Å². The van der Waals surface area contributed by atoms with Crippen LogP contribution in [-0.4, -0.2) is 20.5 Å². The molecular formula is C14H10F2N4O. The Morgan fingerprint density at radius 3 is 2.76 bits per heavy atom. The zero-order valence-corrected chi connectivity index (χ0v) is 10.7. The molecule has 0 fully saturated rings.